The molecule has 2 unspecified atom stereocenters. The van der Waals surface area contributed by atoms with E-state index in [1.54, 1.807) is 0 Å². The monoisotopic (exact) mass is 328 g/mol. The second kappa shape index (κ2) is 6.21. The first kappa shape index (κ1) is 15.6. The first-order chi connectivity index (χ1) is 12.2. The third-order valence-corrected chi connectivity index (χ3v) is 5.15. The summed E-state index contributed by atoms with van der Waals surface area (Å²) < 4.78 is 5.15. The van der Waals surface area contributed by atoms with Crippen molar-refractivity contribution in [3.63, 3.8) is 0 Å². The van der Waals surface area contributed by atoms with E-state index in [1.807, 2.05) is 30.3 Å². The maximum absolute atomic E-state index is 12.6. The number of carbonyl (C=O) groups is 1. The molecule has 2 atom stereocenters. The summed E-state index contributed by atoms with van der Waals surface area (Å²) in [6.45, 7) is 0. The molecule has 1 aliphatic carbocycles. The normalized spacial score (nSPS) is 22.2. The number of fused-ring (bicyclic) bond motifs is 1. The van der Waals surface area contributed by atoms with E-state index in [9.17, 15) is 4.79 Å². The van der Waals surface area contributed by atoms with E-state index in [0.29, 0.717) is 0 Å². The largest absolute Gasteiger partial charge is 0.468 e. The van der Waals surface area contributed by atoms with Crippen LogP contribution in [0.3, 0.4) is 0 Å². The lowest BCUT2D eigenvalue weighted by molar-refractivity contribution is -0.144. The average Bonchev–Trinajstić information content (AvgIpc) is 3.42. The Morgan fingerprint density at radius 1 is 1.00 bits per heavy atom. The number of esters is 1. The minimum absolute atomic E-state index is 0.148. The Labute approximate surface area is 147 Å². The Kier molecular flexibility index (Phi) is 3.89. The van der Waals surface area contributed by atoms with Crippen LogP contribution in [0, 0.1) is 5.92 Å². The predicted octanol–water partition coefficient (Wildman–Crippen LogP) is 4.98. The van der Waals surface area contributed by atoms with Crippen LogP contribution in [0.1, 0.15) is 17.5 Å². The van der Waals surface area contributed by atoms with Crippen LogP contribution in [0.2, 0.25) is 0 Å². The number of methoxy groups -OCH3 is 1. The van der Waals surface area contributed by atoms with Gasteiger partial charge < -0.3 is 4.74 Å². The minimum atomic E-state index is -0.552. The molecule has 25 heavy (non-hydrogen) atoms. The van der Waals surface area contributed by atoms with Gasteiger partial charge in [-0.05, 0) is 40.3 Å². The standard InChI is InChI=1S/C23H20O2/c1-25-22(24)23(16-21(23)13-11-17-7-3-2-4-8-17)20-14-12-18-9-5-6-10-19(18)15-20/h2-15,21H,16H2,1H3. The van der Waals surface area contributed by atoms with Crippen molar-refractivity contribution < 1.29 is 9.53 Å². The lowest BCUT2D eigenvalue weighted by atomic mass is 9.91. The second-order valence-corrected chi connectivity index (χ2v) is 6.61. The van der Waals surface area contributed by atoms with Crippen molar-refractivity contribution in [2.75, 3.05) is 7.11 Å². The van der Waals surface area contributed by atoms with Crippen LogP contribution >= 0.6 is 0 Å². The Morgan fingerprint density at radius 3 is 2.48 bits per heavy atom. The van der Waals surface area contributed by atoms with Gasteiger partial charge in [-0.1, -0.05) is 78.9 Å². The third kappa shape index (κ3) is 2.74. The van der Waals surface area contributed by atoms with Crippen molar-refractivity contribution >= 4 is 22.8 Å². The molecule has 3 aromatic carbocycles. The van der Waals surface area contributed by atoms with Gasteiger partial charge in [0, 0.05) is 0 Å². The van der Waals surface area contributed by atoms with E-state index < -0.39 is 5.41 Å². The van der Waals surface area contributed by atoms with Gasteiger partial charge in [0.25, 0.3) is 0 Å². The van der Waals surface area contributed by atoms with E-state index in [4.69, 9.17) is 4.74 Å². The predicted molar refractivity (Wildman–Crippen MR) is 101 cm³/mol. The maximum atomic E-state index is 12.6. The number of benzene rings is 3. The molecule has 0 saturated heterocycles. The molecule has 0 heterocycles. The van der Waals surface area contributed by atoms with Crippen molar-refractivity contribution in [1.82, 2.24) is 0 Å². The Bertz CT molecular complexity index is 942. The summed E-state index contributed by atoms with van der Waals surface area (Å²) in [5, 5.41) is 2.34. The number of hydrogen-bond donors (Lipinski definition) is 0. The van der Waals surface area contributed by atoms with E-state index in [0.717, 1.165) is 22.9 Å². The lowest BCUT2D eigenvalue weighted by Gasteiger charge is -2.15. The first-order valence-electron chi connectivity index (χ1n) is 8.55. The van der Waals surface area contributed by atoms with Gasteiger partial charge >= 0.3 is 5.97 Å². The lowest BCUT2D eigenvalue weighted by Crippen LogP contribution is -2.24. The number of ether oxygens (including phenoxy) is 1. The van der Waals surface area contributed by atoms with Crippen LogP contribution in [0.15, 0.2) is 78.9 Å². The zero-order valence-corrected chi connectivity index (χ0v) is 14.2. The van der Waals surface area contributed by atoms with E-state index in [1.165, 1.54) is 12.5 Å². The van der Waals surface area contributed by atoms with Crippen LogP contribution < -0.4 is 0 Å². The van der Waals surface area contributed by atoms with Gasteiger partial charge in [-0.2, -0.15) is 0 Å². The molecule has 0 amide bonds. The molecule has 1 saturated carbocycles. The average molecular weight is 328 g/mol. The summed E-state index contributed by atoms with van der Waals surface area (Å²) in [5.41, 5.74) is 1.64. The molecule has 4 rings (SSSR count). The molecule has 1 fully saturated rings. The molecule has 2 nitrogen and oxygen atoms in total. The summed E-state index contributed by atoms with van der Waals surface area (Å²) in [6, 6.07) is 24.7. The molecule has 1 aliphatic rings. The summed E-state index contributed by atoms with van der Waals surface area (Å²) >= 11 is 0. The SMILES string of the molecule is COC(=O)C1(c2ccc3ccccc3c2)CC1C=Cc1ccccc1. The molecular formula is C23H20O2. The van der Waals surface area contributed by atoms with Crippen LogP contribution in [-0.4, -0.2) is 13.1 Å². The summed E-state index contributed by atoms with van der Waals surface area (Å²) in [7, 11) is 1.47. The van der Waals surface area contributed by atoms with E-state index in [2.05, 4.69) is 54.6 Å². The Balaban J connectivity index is 1.69. The van der Waals surface area contributed by atoms with Crippen molar-refractivity contribution in [2.24, 2.45) is 5.92 Å². The maximum Gasteiger partial charge on any atom is 0.316 e. The quantitative estimate of drug-likeness (QED) is 0.631. The molecule has 0 bridgehead atoms. The van der Waals surface area contributed by atoms with Crippen LogP contribution in [0.25, 0.3) is 16.8 Å². The molecule has 2 heteroatoms. The molecule has 0 spiro atoms. The van der Waals surface area contributed by atoms with Gasteiger partial charge in [0.2, 0.25) is 0 Å². The van der Waals surface area contributed by atoms with Gasteiger partial charge in [0.15, 0.2) is 0 Å². The fraction of sp³-hybridized carbons (Fsp3) is 0.174. The number of allylic oxidation sites excluding steroid dienone is 1. The summed E-state index contributed by atoms with van der Waals surface area (Å²) in [6.07, 6.45) is 5.03. The Morgan fingerprint density at radius 2 is 1.72 bits per heavy atom. The zero-order valence-electron chi connectivity index (χ0n) is 14.2. The highest BCUT2D eigenvalue weighted by atomic mass is 16.5. The fourth-order valence-corrected chi connectivity index (χ4v) is 3.65. The van der Waals surface area contributed by atoms with Crippen molar-refractivity contribution in [3.05, 3.63) is 90.0 Å². The third-order valence-electron chi connectivity index (χ3n) is 5.15. The second-order valence-electron chi connectivity index (χ2n) is 6.61. The molecule has 124 valence electrons. The van der Waals surface area contributed by atoms with Crippen LogP contribution in [0.5, 0.6) is 0 Å². The van der Waals surface area contributed by atoms with Gasteiger partial charge in [0.05, 0.1) is 12.5 Å². The van der Waals surface area contributed by atoms with E-state index in [-0.39, 0.29) is 11.9 Å². The number of hydrogen-bond acceptors (Lipinski definition) is 2. The van der Waals surface area contributed by atoms with Crippen molar-refractivity contribution in [3.8, 4) is 0 Å². The van der Waals surface area contributed by atoms with Gasteiger partial charge in [-0.3, -0.25) is 4.79 Å². The number of rotatable bonds is 4. The van der Waals surface area contributed by atoms with Gasteiger partial charge in [0.1, 0.15) is 0 Å². The highest BCUT2D eigenvalue weighted by Gasteiger charge is 2.60. The zero-order chi connectivity index (χ0) is 17.3. The van der Waals surface area contributed by atoms with Crippen molar-refractivity contribution in [1.29, 1.82) is 0 Å². The summed E-state index contributed by atoms with van der Waals surface area (Å²) in [5.74, 6) is 0.0202. The van der Waals surface area contributed by atoms with Crippen LogP contribution in [0.4, 0.5) is 0 Å². The highest BCUT2D eigenvalue weighted by molar-refractivity contribution is 5.91. The van der Waals surface area contributed by atoms with Crippen LogP contribution in [-0.2, 0) is 14.9 Å². The van der Waals surface area contributed by atoms with E-state index >= 15 is 0 Å². The molecule has 0 radical (unpaired) electrons. The Hall–Kier alpha value is -2.87. The minimum Gasteiger partial charge on any atom is -0.468 e. The molecule has 0 aliphatic heterocycles. The molecule has 0 N–H and O–H groups in total. The van der Waals surface area contributed by atoms with Gasteiger partial charge in [-0.15, -0.1) is 0 Å². The first-order valence-corrected chi connectivity index (χ1v) is 8.55. The smallest absolute Gasteiger partial charge is 0.316 e. The highest BCUT2D eigenvalue weighted by Crippen LogP contribution is 2.56. The topological polar surface area (TPSA) is 26.3 Å². The number of carbonyl (C=O) groups excluding carboxylic acids is 1. The molecule has 3 aromatic rings. The summed E-state index contributed by atoms with van der Waals surface area (Å²) in [4.78, 5) is 12.6. The van der Waals surface area contributed by atoms with Gasteiger partial charge in [-0.25, -0.2) is 0 Å². The fourth-order valence-electron chi connectivity index (χ4n) is 3.65. The van der Waals surface area contributed by atoms with Crippen molar-refractivity contribution in [2.45, 2.75) is 11.8 Å². The molecule has 0 aromatic heterocycles. The molecular weight excluding hydrogens is 308 g/mol.